The third-order valence-electron chi connectivity index (χ3n) is 4.27. The maximum Gasteiger partial charge on any atom is 0.255 e. The van der Waals surface area contributed by atoms with Crippen molar-refractivity contribution in [3.05, 3.63) is 17.0 Å². The second-order valence-electron chi connectivity index (χ2n) is 5.94. The Hall–Kier alpha value is -1.44. The summed E-state index contributed by atoms with van der Waals surface area (Å²) in [6, 6.07) is 0. The number of likely N-dealkylation sites (tertiary alicyclic amines) is 1. The van der Waals surface area contributed by atoms with E-state index in [1.54, 1.807) is 12.0 Å². The van der Waals surface area contributed by atoms with E-state index in [9.17, 15) is 9.90 Å². The van der Waals surface area contributed by atoms with Gasteiger partial charge in [-0.3, -0.25) is 9.89 Å². The molecule has 1 atom stereocenters. The van der Waals surface area contributed by atoms with Crippen LogP contribution in [0.25, 0.3) is 0 Å². The van der Waals surface area contributed by atoms with E-state index in [0.29, 0.717) is 32.7 Å². The van der Waals surface area contributed by atoms with Gasteiger partial charge in [0.25, 0.3) is 5.91 Å². The molecule has 0 saturated carbocycles. The lowest BCUT2D eigenvalue weighted by atomic mass is 9.91. The van der Waals surface area contributed by atoms with Crippen LogP contribution in [0.2, 0.25) is 0 Å². The molecule has 3 N–H and O–H groups in total. The SMILES string of the molecule is COCCN1CCCC(O)(CNCc2c(C)n[nH]c2C)C1=O. The van der Waals surface area contributed by atoms with E-state index in [4.69, 9.17) is 4.74 Å². The number of H-pyrrole nitrogens is 1. The Kier molecular flexibility index (Phi) is 5.55. The number of methoxy groups -OCH3 is 1. The summed E-state index contributed by atoms with van der Waals surface area (Å²) in [5.74, 6) is -0.205. The highest BCUT2D eigenvalue weighted by Gasteiger charge is 2.41. The number of ether oxygens (including phenoxy) is 1. The summed E-state index contributed by atoms with van der Waals surface area (Å²) in [4.78, 5) is 14.1. The molecule has 1 amide bonds. The van der Waals surface area contributed by atoms with Gasteiger partial charge in [-0.2, -0.15) is 5.10 Å². The van der Waals surface area contributed by atoms with Crippen molar-refractivity contribution in [2.75, 3.05) is 33.4 Å². The Morgan fingerprint density at radius 3 is 2.91 bits per heavy atom. The molecule has 0 aromatic carbocycles. The smallest absolute Gasteiger partial charge is 0.255 e. The van der Waals surface area contributed by atoms with Gasteiger partial charge in [0.1, 0.15) is 0 Å². The van der Waals surface area contributed by atoms with E-state index >= 15 is 0 Å². The van der Waals surface area contributed by atoms with Gasteiger partial charge in [0.15, 0.2) is 5.60 Å². The number of hydrogen-bond acceptors (Lipinski definition) is 5. The normalized spacial score (nSPS) is 22.4. The van der Waals surface area contributed by atoms with Gasteiger partial charge in [-0.1, -0.05) is 0 Å². The van der Waals surface area contributed by atoms with Crippen molar-refractivity contribution in [1.29, 1.82) is 0 Å². The largest absolute Gasteiger partial charge is 0.383 e. The minimum atomic E-state index is -1.32. The standard InChI is InChI=1S/C15H26N4O3/c1-11-13(12(2)18-17-11)9-16-10-15(21)5-4-6-19(14(15)20)7-8-22-3/h16,21H,4-10H2,1-3H3,(H,17,18). The highest BCUT2D eigenvalue weighted by molar-refractivity contribution is 5.86. The zero-order valence-corrected chi connectivity index (χ0v) is 13.6. The third kappa shape index (κ3) is 3.66. The molecule has 0 spiro atoms. The van der Waals surface area contributed by atoms with Gasteiger partial charge in [0.05, 0.1) is 12.3 Å². The fourth-order valence-electron chi connectivity index (χ4n) is 2.87. The second-order valence-corrected chi connectivity index (χ2v) is 5.94. The first-order valence-electron chi connectivity index (χ1n) is 7.70. The maximum atomic E-state index is 12.4. The molecule has 2 heterocycles. The van der Waals surface area contributed by atoms with Crippen LogP contribution in [0, 0.1) is 13.8 Å². The molecule has 7 heteroatoms. The van der Waals surface area contributed by atoms with E-state index in [0.717, 1.165) is 23.4 Å². The van der Waals surface area contributed by atoms with Crippen molar-refractivity contribution in [3.63, 3.8) is 0 Å². The van der Waals surface area contributed by atoms with Crippen LogP contribution >= 0.6 is 0 Å². The molecule has 1 unspecified atom stereocenters. The Balaban J connectivity index is 1.91. The van der Waals surface area contributed by atoms with Gasteiger partial charge in [-0.05, 0) is 26.7 Å². The highest BCUT2D eigenvalue weighted by Crippen LogP contribution is 2.22. The lowest BCUT2D eigenvalue weighted by Crippen LogP contribution is -2.58. The number of piperidine rings is 1. The van der Waals surface area contributed by atoms with Crippen molar-refractivity contribution in [1.82, 2.24) is 20.4 Å². The molecule has 1 aliphatic rings. The lowest BCUT2D eigenvalue weighted by Gasteiger charge is -2.38. The number of aromatic amines is 1. The minimum absolute atomic E-state index is 0.205. The molecule has 1 saturated heterocycles. The molecular formula is C15H26N4O3. The molecule has 1 fully saturated rings. The molecule has 124 valence electrons. The molecule has 2 rings (SSSR count). The number of nitrogens with one attached hydrogen (secondary N) is 2. The number of aryl methyl sites for hydroxylation is 2. The fraction of sp³-hybridized carbons (Fsp3) is 0.733. The summed E-state index contributed by atoms with van der Waals surface area (Å²) in [5.41, 5.74) is 1.71. The number of nitrogens with zero attached hydrogens (tertiary/aromatic N) is 2. The number of rotatable bonds is 7. The van der Waals surface area contributed by atoms with Gasteiger partial charge in [0, 0.05) is 44.5 Å². The molecule has 7 nitrogen and oxygen atoms in total. The molecule has 1 aliphatic heterocycles. The summed E-state index contributed by atoms with van der Waals surface area (Å²) in [6.45, 7) is 6.43. The van der Waals surface area contributed by atoms with E-state index in [1.165, 1.54) is 0 Å². The zero-order chi connectivity index (χ0) is 16.2. The Morgan fingerprint density at radius 2 is 2.27 bits per heavy atom. The van der Waals surface area contributed by atoms with Crippen LogP contribution in [0.5, 0.6) is 0 Å². The van der Waals surface area contributed by atoms with E-state index in [2.05, 4.69) is 15.5 Å². The highest BCUT2D eigenvalue weighted by atomic mass is 16.5. The van der Waals surface area contributed by atoms with E-state index in [1.807, 2.05) is 13.8 Å². The van der Waals surface area contributed by atoms with Crippen LogP contribution in [0.1, 0.15) is 29.8 Å². The number of amides is 1. The molecule has 1 aromatic rings. The number of aliphatic hydroxyl groups is 1. The summed E-state index contributed by atoms with van der Waals surface area (Å²) >= 11 is 0. The number of aromatic nitrogens is 2. The first-order chi connectivity index (χ1) is 10.5. The number of hydrogen-bond donors (Lipinski definition) is 3. The predicted octanol–water partition coefficient (Wildman–Crippen LogP) is 0.116. The Morgan fingerprint density at radius 1 is 1.50 bits per heavy atom. The topological polar surface area (TPSA) is 90.5 Å². The van der Waals surface area contributed by atoms with Crippen molar-refractivity contribution in [3.8, 4) is 0 Å². The third-order valence-corrected chi connectivity index (χ3v) is 4.27. The summed E-state index contributed by atoms with van der Waals surface area (Å²) in [5, 5.41) is 20.9. The molecule has 0 aliphatic carbocycles. The number of carbonyl (C=O) groups is 1. The van der Waals surface area contributed by atoms with Gasteiger partial charge < -0.3 is 20.1 Å². The lowest BCUT2D eigenvalue weighted by molar-refractivity contribution is -0.157. The summed E-state index contributed by atoms with van der Waals surface area (Å²) in [6.07, 6.45) is 1.29. The fourth-order valence-corrected chi connectivity index (χ4v) is 2.87. The van der Waals surface area contributed by atoms with Crippen LogP contribution in [0.4, 0.5) is 0 Å². The van der Waals surface area contributed by atoms with Crippen molar-refractivity contribution in [2.24, 2.45) is 0 Å². The van der Waals surface area contributed by atoms with Crippen LogP contribution in [-0.2, 0) is 16.1 Å². The Bertz CT molecular complexity index is 497. The molecule has 1 aromatic heterocycles. The molecule has 0 bridgehead atoms. The monoisotopic (exact) mass is 310 g/mol. The quantitative estimate of drug-likeness (QED) is 0.665. The summed E-state index contributed by atoms with van der Waals surface area (Å²) < 4.78 is 5.02. The van der Waals surface area contributed by atoms with Crippen molar-refractivity contribution >= 4 is 5.91 Å². The van der Waals surface area contributed by atoms with E-state index in [-0.39, 0.29) is 12.5 Å². The number of carbonyl (C=O) groups excluding carboxylic acids is 1. The Labute approximate surface area is 131 Å². The average molecular weight is 310 g/mol. The van der Waals surface area contributed by atoms with E-state index < -0.39 is 5.60 Å². The van der Waals surface area contributed by atoms with Crippen molar-refractivity contribution < 1.29 is 14.6 Å². The predicted molar refractivity (Wildman–Crippen MR) is 82.4 cm³/mol. The van der Waals surface area contributed by atoms with Crippen LogP contribution in [0.15, 0.2) is 0 Å². The first-order valence-corrected chi connectivity index (χ1v) is 7.70. The molecule has 22 heavy (non-hydrogen) atoms. The first kappa shape index (κ1) is 16.9. The average Bonchev–Trinajstić information content (AvgIpc) is 2.81. The van der Waals surface area contributed by atoms with Gasteiger partial charge >= 0.3 is 0 Å². The summed E-state index contributed by atoms with van der Waals surface area (Å²) in [7, 11) is 1.61. The van der Waals surface area contributed by atoms with Gasteiger partial charge in [-0.15, -0.1) is 0 Å². The zero-order valence-electron chi connectivity index (χ0n) is 13.6. The molecule has 0 radical (unpaired) electrons. The van der Waals surface area contributed by atoms with Gasteiger partial charge in [0.2, 0.25) is 0 Å². The van der Waals surface area contributed by atoms with Crippen LogP contribution < -0.4 is 5.32 Å². The maximum absolute atomic E-state index is 12.4. The van der Waals surface area contributed by atoms with Gasteiger partial charge in [-0.25, -0.2) is 0 Å². The van der Waals surface area contributed by atoms with Crippen LogP contribution in [0.3, 0.4) is 0 Å². The minimum Gasteiger partial charge on any atom is -0.383 e. The van der Waals surface area contributed by atoms with Crippen molar-refractivity contribution in [2.45, 2.75) is 38.8 Å². The second kappa shape index (κ2) is 7.21. The molecular weight excluding hydrogens is 284 g/mol. The van der Waals surface area contributed by atoms with Crippen LogP contribution in [-0.4, -0.2) is 65.1 Å².